The lowest BCUT2D eigenvalue weighted by molar-refractivity contribution is -0.198. The Morgan fingerprint density at radius 1 is 1.00 bits per heavy atom. The fraction of sp³-hybridized carbons (Fsp3) is 0.278. The van der Waals surface area contributed by atoms with E-state index in [1.165, 1.54) is 0 Å². The van der Waals surface area contributed by atoms with Crippen LogP contribution in [0.1, 0.15) is 57.4 Å². The van der Waals surface area contributed by atoms with Crippen LogP contribution >= 0.6 is 0 Å². The molecule has 0 saturated heterocycles. The third kappa shape index (κ3) is 6.18. The van der Waals surface area contributed by atoms with E-state index >= 15 is 0 Å². The van der Waals surface area contributed by atoms with E-state index in [1.54, 1.807) is 31.6 Å². The second-order valence-corrected chi connectivity index (χ2v) is 11.7. The van der Waals surface area contributed by atoms with Crippen LogP contribution in [0.5, 0.6) is 0 Å². The number of halogens is 2. The molecule has 3 aromatic carbocycles. The zero-order valence-electron chi connectivity index (χ0n) is 26.5. The van der Waals surface area contributed by atoms with Gasteiger partial charge in [0.05, 0.1) is 11.7 Å². The molecule has 1 fully saturated rings. The first-order valence-corrected chi connectivity index (χ1v) is 15.4. The number of carbonyl (C=O) groups is 2. The summed E-state index contributed by atoms with van der Waals surface area (Å²) in [6, 6.07) is 18.8. The topological polar surface area (TPSA) is 118 Å². The third-order valence-corrected chi connectivity index (χ3v) is 8.55. The Balaban J connectivity index is 1.41. The number of furan rings is 1. The van der Waals surface area contributed by atoms with Crippen molar-refractivity contribution in [1.82, 2.24) is 20.6 Å². The van der Waals surface area contributed by atoms with Gasteiger partial charge in [-0.25, -0.2) is 9.97 Å². The summed E-state index contributed by atoms with van der Waals surface area (Å²) in [5.41, 5.74) is 5.15. The van der Waals surface area contributed by atoms with Crippen LogP contribution in [0.3, 0.4) is 0 Å². The van der Waals surface area contributed by atoms with E-state index in [0.717, 1.165) is 33.5 Å². The van der Waals surface area contributed by atoms with Gasteiger partial charge in [-0.05, 0) is 50.1 Å². The smallest absolute Gasteiger partial charge is 0.345 e. The van der Waals surface area contributed by atoms with Crippen LogP contribution in [0.4, 0.5) is 14.5 Å². The summed E-state index contributed by atoms with van der Waals surface area (Å²) in [4.78, 5) is 35.8. The Kier molecular flexibility index (Phi) is 8.74. The van der Waals surface area contributed by atoms with Gasteiger partial charge in [0, 0.05) is 72.7 Å². The van der Waals surface area contributed by atoms with Crippen molar-refractivity contribution >= 4 is 28.5 Å². The first-order chi connectivity index (χ1) is 22.6. The van der Waals surface area contributed by atoms with Crippen LogP contribution in [0.2, 0.25) is 0 Å². The van der Waals surface area contributed by atoms with Crippen molar-refractivity contribution in [3.63, 3.8) is 0 Å². The third-order valence-electron chi connectivity index (χ3n) is 8.55. The second-order valence-electron chi connectivity index (χ2n) is 11.7. The lowest BCUT2D eigenvalue weighted by atomic mass is 9.73. The van der Waals surface area contributed by atoms with Crippen LogP contribution in [-0.2, 0) is 10.3 Å². The standard InChI is InChI=1S/C36H35F2N5O4/c1-5-40-28-17-29-27(30(33(45)39-4)31(47-29)22-10-7-20(2)8-11-22)16-26(28)23-12-9-21(3)25(15-23)32(44)43-36(34-41-13-6-14-42-34)18-24(19-36)46-35(37)38/h6-17,24,35,40H,5,18-19H2,1-4H3,(H,39,45)(H,43,44). The molecule has 2 aromatic heterocycles. The minimum absolute atomic E-state index is 0.110. The molecule has 242 valence electrons. The Hall–Kier alpha value is -5.16. The number of carbonyl (C=O) groups excluding carboxylic acids is 2. The number of nitrogens with zero attached hydrogens (tertiary/aromatic N) is 2. The van der Waals surface area contributed by atoms with Gasteiger partial charge in [0.1, 0.15) is 16.9 Å². The van der Waals surface area contributed by atoms with Gasteiger partial charge in [-0.15, -0.1) is 0 Å². The van der Waals surface area contributed by atoms with Crippen LogP contribution in [0.15, 0.2) is 77.5 Å². The maximum atomic E-state index is 13.9. The molecule has 9 nitrogen and oxygen atoms in total. The van der Waals surface area contributed by atoms with E-state index in [9.17, 15) is 18.4 Å². The minimum Gasteiger partial charge on any atom is -0.455 e. The predicted octanol–water partition coefficient (Wildman–Crippen LogP) is 6.99. The number of hydrogen-bond acceptors (Lipinski definition) is 7. The molecule has 2 amide bonds. The van der Waals surface area contributed by atoms with Gasteiger partial charge >= 0.3 is 6.61 Å². The number of aryl methyl sites for hydroxylation is 2. The number of ether oxygens (including phenoxy) is 1. The molecule has 0 atom stereocenters. The molecular formula is C36H35F2N5O4. The minimum atomic E-state index is -2.92. The van der Waals surface area contributed by atoms with Crippen molar-refractivity contribution < 1.29 is 27.5 Å². The Bertz CT molecular complexity index is 1940. The maximum Gasteiger partial charge on any atom is 0.345 e. The zero-order valence-corrected chi connectivity index (χ0v) is 26.5. The highest BCUT2D eigenvalue weighted by molar-refractivity contribution is 6.13. The maximum absolute atomic E-state index is 13.9. The van der Waals surface area contributed by atoms with Gasteiger partial charge in [-0.2, -0.15) is 8.78 Å². The van der Waals surface area contributed by atoms with E-state index in [2.05, 4.69) is 25.9 Å². The summed E-state index contributed by atoms with van der Waals surface area (Å²) in [5.74, 6) is 0.121. The molecule has 3 N–H and O–H groups in total. The van der Waals surface area contributed by atoms with E-state index in [0.29, 0.717) is 40.2 Å². The van der Waals surface area contributed by atoms with Crippen LogP contribution in [-0.4, -0.2) is 48.1 Å². The highest BCUT2D eigenvalue weighted by Gasteiger charge is 2.50. The average molecular weight is 640 g/mol. The molecule has 0 bridgehead atoms. The van der Waals surface area contributed by atoms with Crippen molar-refractivity contribution in [2.75, 3.05) is 18.9 Å². The molecule has 0 aliphatic heterocycles. The molecule has 0 unspecified atom stereocenters. The van der Waals surface area contributed by atoms with E-state index in [-0.39, 0.29) is 18.7 Å². The lowest BCUT2D eigenvalue weighted by Crippen LogP contribution is -2.58. The number of hydrogen-bond donors (Lipinski definition) is 3. The first kappa shape index (κ1) is 31.8. The average Bonchev–Trinajstić information content (AvgIpc) is 3.42. The van der Waals surface area contributed by atoms with Crippen LogP contribution < -0.4 is 16.0 Å². The van der Waals surface area contributed by atoms with Crippen molar-refractivity contribution in [3.05, 3.63) is 101 Å². The Labute approximate surface area is 270 Å². The van der Waals surface area contributed by atoms with E-state index < -0.39 is 24.2 Å². The highest BCUT2D eigenvalue weighted by Crippen LogP contribution is 2.43. The van der Waals surface area contributed by atoms with Crippen molar-refractivity contribution in [1.29, 1.82) is 0 Å². The molecule has 47 heavy (non-hydrogen) atoms. The highest BCUT2D eigenvalue weighted by atomic mass is 19.3. The normalized spacial score (nSPS) is 17.4. The largest absolute Gasteiger partial charge is 0.455 e. The molecular weight excluding hydrogens is 604 g/mol. The molecule has 1 aliphatic rings. The Morgan fingerprint density at radius 3 is 2.36 bits per heavy atom. The van der Waals surface area contributed by atoms with Crippen LogP contribution in [0.25, 0.3) is 33.4 Å². The fourth-order valence-electron chi connectivity index (χ4n) is 6.14. The number of anilines is 1. The van der Waals surface area contributed by atoms with Gasteiger partial charge in [0.2, 0.25) is 0 Å². The number of rotatable bonds is 10. The molecule has 1 saturated carbocycles. The zero-order chi connectivity index (χ0) is 33.3. The molecule has 5 aromatic rings. The molecule has 2 heterocycles. The molecule has 0 radical (unpaired) electrons. The predicted molar refractivity (Wildman–Crippen MR) is 175 cm³/mol. The van der Waals surface area contributed by atoms with Crippen molar-refractivity contribution in [2.24, 2.45) is 0 Å². The lowest BCUT2D eigenvalue weighted by Gasteiger charge is -2.46. The van der Waals surface area contributed by atoms with E-state index in [1.807, 2.05) is 69.3 Å². The number of aromatic nitrogens is 2. The van der Waals surface area contributed by atoms with Crippen LogP contribution in [0, 0.1) is 13.8 Å². The first-order valence-electron chi connectivity index (χ1n) is 15.4. The summed E-state index contributed by atoms with van der Waals surface area (Å²) >= 11 is 0. The molecule has 6 rings (SSSR count). The fourth-order valence-corrected chi connectivity index (χ4v) is 6.14. The SMILES string of the molecule is CCNc1cc2oc(-c3ccc(C)cc3)c(C(=O)NC)c2cc1-c1ccc(C)c(C(=O)NC2(c3ncccn3)CC(OC(F)F)C2)c1. The summed E-state index contributed by atoms with van der Waals surface area (Å²) < 4.78 is 36.9. The van der Waals surface area contributed by atoms with Gasteiger partial charge in [0.25, 0.3) is 11.8 Å². The van der Waals surface area contributed by atoms with E-state index in [4.69, 9.17) is 9.15 Å². The quantitative estimate of drug-likeness (QED) is 0.151. The van der Waals surface area contributed by atoms with Crippen molar-refractivity contribution in [3.8, 4) is 22.5 Å². The number of fused-ring (bicyclic) bond motifs is 1. The number of alkyl halides is 2. The second kappa shape index (κ2) is 12.9. The molecule has 0 spiro atoms. The molecule has 1 aliphatic carbocycles. The van der Waals surface area contributed by atoms with Gasteiger partial charge < -0.3 is 25.1 Å². The summed E-state index contributed by atoms with van der Waals surface area (Å²) in [6.45, 7) is 3.50. The van der Waals surface area contributed by atoms with Gasteiger partial charge in [-0.1, -0.05) is 42.0 Å². The number of benzene rings is 3. The monoisotopic (exact) mass is 639 g/mol. The van der Waals surface area contributed by atoms with Crippen molar-refractivity contribution in [2.45, 2.75) is 51.9 Å². The summed E-state index contributed by atoms with van der Waals surface area (Å²) in [5, 5.41) is 9.80. The molecule has 11 heteroatoms. The van der Waals surface area contributed by atoms with Gasteiger partial charge in [0.15, 0.2) is 5.82 Å². The summed E-state index contributed by atoms with van der Waals surface area (Å²) in [6.07, 6.45) is 2.58. The summed E-state index contributed by atoms with van der Waals surface area (Å²) in [7, 11) is 1.58. The van der Waals surface area contributed by atoms with Gasteiger partial charge in [-0.3, -0.25) is 9.59 Å². The Morgan fingerprint density at radius 2 is 1.70 bits per heavy atom. The number of amides is 2. The number of nitrogens with one attached hydrogen (secondary N) is 3.